The minimum Gasteiger partial charge on any atom is -0.459 e. The molecule has 7 heteroatoms. The Balaban J connectivity index is 1.50. The molecule has 4 rings (SSSR count). The van der Waals surface area contributed by atoms with Crippen molar-refractivity contribution in [3.63, 3.8) is 0 Å². The van der Waals surface area contributed by atoms with E-state index in [0.29, 0.717) is 40.1 Å². The lowest BCUT2D eigenvalue weighted by molar-refractivity contribution is 0.0702. The summed E-state index contributed by atoms with van der Waals surface area (Å²) in [5.74, 6) is -0.0914. The van der Waals surface area contributed by atoms with Crippen LogP contribution in [-0.4, -0.2) is 23.3 Å². The van der Waals surface area contributed by atoms with E-state index in [9.17, 15) is 9.59 Å². The normalized spacial score (nSPS) is 13.1. The van der Waals surface area contributed by atoms with Crippen molar-refractivity contribution >= 4 is 40.7 Å². The number of benzene rings is 2. The molecule has 0 saturated heterocycles. The molecule has 0 atom stereocenters. The smallest absolute Gasteiger partial charge is 0.289 e. The molecule has 142 valence electrons. The first kappa shape index (κ1) is 18.6. The maximum atomic E-state index is 12.5. The number of fused-ring (bicyclic) bond motifs is 1. The number of rotatable bonds is 3. The van der Waals surface area contributed by atoms with Crippen molar-refractivity contribution in [2.24, 2.45) is 0 Å². The molecule has 2 amide bonds. The van der Waals surface area contributed by atoms with Crippen LogP contribution in [-0.2, 0) is 13.0 Å². The summed E-state index contributed by atoms with van der Waals surface area (Å²) in [5.41, 5.74) is 3.23. The Morgan fingerprint density at radius 1 is 1.00 bits per heavy atom. The van der Waals surface area contributed by atoms with Gasteiger partial charge in [0.25, 0.3) is 11.8 Å². The summed E-state index contributed by atoms with van der Waals surface area (Å²) >= 11 is 11.9. The number of anilines is 1. The maximum absolute atomic E-state index is 12.5. The fourth-order valence-corrected chi connectivity index (χ4v) is 3.50. The lowest BCUT2D eigenvalue weighted by atomic mass is 9.98. The Bertz CT molecular complexity index is 1050. The minimum atomic E-state index is -0.280. The van der Waals surface area contributed by atoms with Crippen molar-refractivity contribution in [2.75, 3.05) is 11.9 Å². The summed E-state index contributed by atoms with van der Waals surface area (Å²) in [6.07, 6.45) is 2.24. The largest absolute Gasteiger partial charge is 0.459 e. The zero-order valence-corrected chi connectivity index (χ0v) is 16.3. The average Bonchev–Trinajstić information content (AvgIpc) is 3.23. The fraction of sp³-hybridized carbons (Fsp3) is 0.143. The van der Waals surface area contributed by atoms with Gasteiger partial charge in [-0.2, -0.15) is 0 Å². The summed E-state index contributed by atoms with van der Waals surface area (Å²) < 4.78 is 5.21. The lowest BCUT2D eigenvalue weighted by Gasteiger charge is -2.28. The van der Waals surface area contributed by atoms with Gasteiger partial charge >= 0.3 is 0 Å². The molecule has 2 heterocycles. The maximum Gasteiger partial charge on any atom is 0.289 e. The molecule has 0 unspecified atom stereocenters. The van der Waals surface area contributed by atoms with E-state index in [2.05, 4.69) is 5.32 Å². The number of nitrogens with zero attached hydrogens (tertiary/aromatic N) is 1. The van der Waals surface area contributed by atoms with Crippen molar-refractivity contribution in [3.05, 3.63) is 87.3 Å². The van der Waals surface area contributed by atoms with Gasteiger partial charge in [-0.1, -0.05) is 29.3 Å². The molecule has 0 spiro atoms. The van der Waals surface area contributed by atoms with Gasteiger partial charge in [-0.05, 0) is 60.0 Å². The highest BCUT2D eigenvalue weighted by molar-refractivity contribution is 6.42. The Kier molecular flexibility index (Phi) is 5.11. The molecule has 1 aliphatic rings. The number of hydrogen-bond donors (Lipinski definition) is 1. The number of amides is 2. The van der Waals surface area contributed by atoms with Crippen molar-refractivity contribution in [1.82, 2.24) is 4.90 Å². The first-order chi connectivity index (χ1) is 13.5. The van der Waals surface area contributed by atoms with Gasteiger partial charge in [-0.15, -0.1) is 0 Å². The minimum absolute atomic E-state index is 0.138. The van der Waals surface area contributed by atoms with E-state index in [1.807, 2.05) is 18.2 Å². The van der Waals surface area contributed by atoms with Crippen molar-refractivity contribution in [3.8, 4) is 0 Å². The second-order valence-electron chi connectivity index (χ2n) is 6.52. The topological polar surface area (TPSA) is 62.6 Å². The van der Waals surface area contributed by atoms with Crippen molar-refractivity contribution in [1.29, 1.82) is 0 Å². The Labute approximate surface area is 171 Å². The van der Waals surface area contributed by atoms with Crippen LogP contribution in [0.3, 0.4) is 0 Å². The molecule has 2 aromatic carbocycles. The monoisotopic (exact) mass is 414 g/mol. The summed E-state index contributed by atoms with van der Waals surface area (Å²) in [5, 5.41) is 3.59. The SMILES string of the molecule is O=C(Nc1ccc2c(c1)CN(C(=O)c1ccco1)CC2)c1ccc(Cl)c(Cl)c1. The lowest BCUT2D eigenvalue weighted by Crippen LogP contribution is -2.35. The molecule has 0 bridgehead atoms. The molecular weight excluding hydrogens is 399 g/mol. The van der Waals surface area contributed by atoms with Crippen molar-refractivity contribution in [2.45, 2.75) is 13.0 Å². The van der Waals surface area contributed by atoms with E-state index in [4.69, 9.17) is 27.6 Å². The first-order valence-electron chi connectivity index (χ1n) is 8.72. The third-order valence-electron chi connectivity index (χ3n) is 4.68. The quantitative estimate of drug-likeness (QED) is 0.652. The predicted molar refractivity (Wildman–Crippen MR) is 108 cm³/mol. The van der Waals surface area contributed by atoms with Gasteiger partial charge in [0.2, 0.25) is 0 Å². The van der Waals surface area contributed by atoms with E-state index in [1.54, 1.807) is 29.2 Å². The second kappa shape index (κ2) is 7.70. The van der Waals surface area contributed by atoms with Crippen LogP contribution in [0.15, 0.2) is 59.2 Å². The van der Waals surface area contributed by atoms with Gasteiger partial charge < -0.3 is 14.6 Å². The zero-order valence-electron chi connectivity index (χ0n) is 14.7. The number of carbonyl (C=O) groups is 2. The highest BCUT2D eigenvalue weighted by Gasteiger charge is 2.23. The second-order valence-corrected chi connectivity index (χ2v) is 7.33. The molecule has 0 saturated carbocycles. The van der Waals surface area contributed by atoms with Gasteiger partial charge in [0, 0.05) is 24.3 Å². The molecular formula is C21H16Cl2N2O3. The van der Waals surface area contributed by atoms with Crippen LogP contribution in [0, 0.1) is 0 Å². The van der Waals surface area contributed by atoms with Gasteiger partial charge in [-0.25, -0.2) is 0 Å². The van der Waals surface area contributed by atoms with Gasteiger partial charge in [0.1, 0.15) is 0 Å². The Morgan fingerprint density at radius 2 is 1.86 bits per heavy atom. The predicted octanol–water partition coefficient (Wildman–Crippen LogP) is 5.04. The van der Waals surface area contributed by atoms with Gasteiger partial charge in [0.05, 0.1) is 16.3 Å². The Hall–Kier alpha value is -2.76. The number of hydrogen-bond acceptors (Lipinski definition) is 3. The Morgan fingerprint density at radius 3 is 2.61 bits per heavy atom. The van der Waals surface area contributed by atoms with Crippen LogP contribution in [0.5, 0.6) is 0 Å². The third kappa shape index (κ3) is 3.77. The summed E-state index contributed by atoms with van der Waals surface area (Å²) in [6, 6.07) is 13.8. The van der Waals surface area contributed by atoms with Crippen LogP contribution < -0.4 is 5.32 Å². The molecule has 1 aromatic heterocycles. The molecule has 3 aromatic rings. The highest BCUT2D eigenvalue weighted by Crippen LogP contribution is 2.26. The number of nitrogens with one attached hydrogen (secondary N) is 1. The number of carbonyl (C=O) groups excluding carboxylic acids is 2. The molecule has 0 aliphatic carbocycles. The first-order valence-corrected chi connectivity index (χ1v) is 9.48. The van der Waals surface area contributed by atoms with Crippen molar-refractivity contribution < 1.29 is 14.0 Å². The molecule has 5 nitrogen and oxygen atoms in total. The van der Waals surface area contributed by atoms with E-state index >= 15 is 0 Å². The molecule has 1 aliphatic heterocycles. The third-order valence-corrected chi connectivity index (χ3v) is 5.42. The van der Waals surface area contributed by atoms with E-state index in [0.717, 1.165) is 17.5 Å². The molecule has 28 heavy (non-hydrogen) atoms. The molecule has 1 N–H and O–H groups in total. The van der Waals surface area contributed by atoms with Gasteiger partial charge in [-0.3, -0.25) is 9.59 Å². The fourth-order valence-electron chi connectivity index (χ4n) is 3.20. The van der Waals surface area contributed by atoms with E-state index in [-0.39, 0.29) is 11.8 Å². The van der Waals surface area contributed by atoms with Crippen LogP contribution >= 0.6 is 23.2 Å². The molecule has 0 fully saturated rings. The average molecular weight is 415 g/mol. The summed E-state index contributed by atoms with van der Waals surface area (Å²) in [7, 11) is 0. The number of halogens is 2. The van der Waals surface area contributed by atoms with Crippen LogP contribution in [0.1, 0.15) is 32.0 Å². The van der Waals surface area contributed by atoms with Crippen LogP contribution in [0.2, 0.25) is 10.0 Å². The zero-order chi connectivity index (χ0) is 19.7. The van der Waals surface area contributed by atoms with Crippen LogP contribution in [0.4, 0.5) is 5.69 Å². The van der Waals surface area contributed by atoms with E-state index < -0.39 is 0 Å². The number of furan rings is 1. The molecule has 0 radical (unpaired) electrons. The highest BCUT2D eigenvalue weighted by atomic mass is 35.5. The standard InChI is InChI=1S/C21H16Cl2N2O3/c22-17-6-4-14(11-18(17)23)20(26)24-16-5-3-13-7-8-25(12-15(13)10-16)21(27)19-2-1-9-28-19/h1-6,9-11H,7-8,12H2,(H,24,26). The van der Waals surface area contributed by atoms with E-state index in [1.165, 1.54) is 12.3 Å². The van der Waals surface area contributed by atoms with Gasteiger partial charge in [0.15, 0.2) is 5.76 Å². The summed E-state index contributed by atoms with van der Waals surface area (Å²) in [4.78, 5) is 26.7. The summed E-state index contributed by atoms with van der Waals surface area (Å²) in [6.45, 7) is 1.09. The van der Waals surface area contributed by atoms with Crippen LogP contribution in [0.25, 0.3) is 0 Å².